The van der Waals surface area contributed by atoms with E-state index in [1.54, 1.807) is 12.1 Å². The molecule has 1 N–H and O–H groups in total. The predicted molar refractivity (Wildman–Crippen MR) is 79.6 cm³/mol. The number of aromatic amines is 1. The first-order chi connectivity index (χ1) is 10.1. The van der Waals surface area contributed by atoms with Gasteiger partial charge in [0.25, 0.3) is 5.56 Å². The minimum absolute atomic E-state index is 0.214. The summed E-state index contributed by atoms with van der Waals surface area (Å²) >= 11 is 0. The van der Waals surface area contributed by atoms with E-state index >= 15 is 0 Å². The van der Waals surface area contributed by atoms with Gasteiger partial charge in [-0.05, 0) is 41.6 Å². The zero-order valence-electron chi connectivity index (χ0n) is 11.8. The third-order valence-electron chi connectivity index (χ3n) is 3.17. The molecule has 106 valence electrons. The minimum Gasteiger partial charge on any atom is -0.465 e. The molecule has 2 aromatic rings. The monoisotopic (exact) mass is 282 g/mol. The topological polar surface area (TPSA) is 83.0 Å². The molecule has 0 aliphatic carbocycles. The molecule has 0 fully saturated rings. The summed E-state index contributed by atoms with van der Waals surface area (Å²) in [7, 11) is 1.19. The van der Waals surface area contributed by atoms with Crippen molar-refractivity contribution in [1.29, 1.82) is 5.26 Å². The average Bonchev–Trinajstić information content (AvgIpc) is 2.51. The van der Waals surface area contributed by atoms with Gasteiger partial charge in [-0.25, -0.2) is 4.79 Å². The van der Waals surface area contributed by atoms with Crippen LogP contribution in [0.2, 0.25) is 0 Å². The van der Waals surface area contributed by atoms with Gasteiger partial charge < -0.3 is 9.72 Å². The van der Waals surface area contributed by atoms with Crippen molar-refractivity contribution in [2.75, 3.05) is 7.11 Å². The Morgan fingerprint density at radius 1 is 1.43 bits per heavy atom. The molecule has 0 atom stereocenters. The summed E-state index contributed by atoms with van der Waals surface area (Å²) in [6, 6.07) is 9.15. The second-order valence-electron chi connectivity index (χ2n) is 4.49. The number of methoxy groups -OCH3 is 1. The van der Waals surface area contributed by atoms with Gasteiger partial charge in [-0.15, -0.1) is 0 Å². The smallest absolute Gasteiger partial charge is 0.348 e. The van der Waals surface area contributed by atoms with Crippen molar-refractivity contribution in [2.24, 2.45) is 0 Å². The Hall–Kier alpha value is -2.87. The SMILES string of the molecule is CCc1ccc2[nH]c(=O)c(/C=C(\C#N)C(=O)OC)cc2c1. The van der Waals surface area contributed by atoms with Crippen molar-refractivity contribution in [3.8, 4) is 6.07 Å². The lowest BCUT2D eigenvalue weighted by Gasteiger charge is -2.03. The summed E-state index contributed by atoms with van der Waals surface area (Å²) in [4.78, 5) is 26.1. The highest BCUT2D eigenvalue weighted by Crippen LogP contribution is 2.15. The summed E-state index contributed by atoms with van der Waals surface area (Å²) in [5.74, 6) is -0.765. The predicted octanol–water partition coefficient (Wildman–Crippen LogP) is 2.17. The van der Waals surface area contributed by atoms with E-state index in [1.165, 1.54) is 13.2 Å². The molecule has 1 heterocycles. The van der Waals surface area contributed by atoms with Crippen LogP contribution in [0.4, 0.5) is 0 Å². The number of nitrogens with zero attached hydrogens (tertiary/aromatic N) is 1. The van der Waals surface area contributed by atoms with E-state index in [2.05, 4.69) is 9.72 Å². The molecule has 1 aromatic heterocycles. The molecule has 5 nitrogen and oxygen atoms in total. The number of hydrogen-bond donors (Lipinski definition) is 1. The normalized spacial score (nSPS) is 11.2. The van der Waals surface area contributed by atoms with Crippen LogP contribution in [0, 0.1) is 11.3 Å². The summed E-state index contributed by atoms with van der Waals surface area (Å²) in [6.07, 6.45) is 2.12. The van der Waals surface area contributed by atoms with Gasteiger partial charge in [0.1, 0.15) is 11.6 Å². The number of hydrogen-bond acceptors (Lipinski definition) is 4. The van der Waals surface area contributed by atoms with E-state index in [0.29, 0.717) is 5.52 Å². The minimum atomic E-state index is -0.765. The van der Waals surface area contributed by atoms with Crippen LogP contribution in [0.25, 0.3) is 17.0 Å². The van der Waals surface area contributed by atoms with Gasteiger partial charge in [-0.2, -0.15) is 5.26 Å². The first kappa shape index (κ1) is 14.5. The Balaban J connectivity index is 2.61. The zero-order valence-corrected chi connectivity index (χ0v) is 11.8. The number of aromatic nitrogens is 1. The van der Waals surface area contributed by atoms with Gasteiger partial charge in [0.05, 0.1) is 7.11 Å². The number of esters is 1. The first-order valence-electron chi connectivity index (χ1n) is 6.45. The molecule has 0 saturated heterocycles. The number of benzene rings is 1. The molecule has 0 unspecified atom stereocenters. The standard InChI is InChI=1S/C16H14N2O3/c1-3-10-4-5-14-11(6-10)7-12(15(19)18-14)8-13(9-17)16(20)21-2/h4-8H,3H2,1-2H3,(H,18,19)/b13-8+. The maximum absolute atomic E-state index is 12.0. The van der Waals surface area contributed by atoms with Crippen molar-refractivity contribution in [1.82, 2.24) is 4.98 Å². The number of aryl methyl sites for hydroxylation is 1. The molecule has 1 aromatic carbocycles. The number of nitrogens with one attached hydrogen (secondary N) is 1. The molecular formula is C16H14N2O3. The fraction of sp³-hybridized carbons (Fsp3) is 0.188. The summed E-state index contributed by atoms with van der Waals surface area (Å²) in [6.45, 7) is 2.04. The highest BCUT2D eigenvalue weighted by Gasteiger charge is 2.10. The quantitative estimate of drug-likeness (QED) is 0.531. The Kier molecular flexibility index (Phi) is 4.19. The van der Waals surface area contributed by atoms with Crippen LogP contribution in [0.5, 0.6) is 0 Å². The van der Waals surface area contributed by atoms with Crippen LogP contribution in [0.15, 0.2) is 34.6 Å². The maximum Gasteiger partial charge on any atom is 0.348 e. The lowest BCUT2D eigenvalue weighted by Crippen LogP contribution is -2.11. The van der Waals surface area contributed by atoms with Crippen molar-refractivity contribution in [3.63, 3.8) is 0 Å². The fourth-order valence-electron chi connectivity index (χ4n) is 2.00. The Bertz CT molecular complexity index is 826. The molecule has 0 radical (unpaired) electrons. The van der Waals surface area contributed by atoms with Crippen LogP contribution in [0.1, 0.15) is 18.1 Å². The molecule has 21 heavy (non-hydrogen) atoms. The lowest BCUT2D eigenvalue weighted by atomic mass is 10.1. The second-order valence-corrected chi connectivity index (χ2v) is 4.49. The third kappa shape index (κ3) is 3.00. The van der Waals surface area contributed by atoms with Crippen molar-refractivity contribution < 1.29 is 9.53 Å². The largest absolute Gasteiger partial charge is 0.465 e. The van der Waals surface area contributed by atoms with E-state index in [-0.39, 0.29) is 16.7 Å². The van der Waals surface area contributed by atoms with E-state index in [9.17, 15) is 9.59 Å². The lowest BCUT2D eigenvalue weighted by molar-refractivity contribution is -0.135. The second kappa shape index (κ2) is 6.06. The highest BCUT2D eigenvalue weighted by molar-refractivity contribution is 5.98. The van der Waals surface area contributed by atoms with Crippen molar-refractivity contribution in [2.45, 2.75) is 13.3 Å². The van der Waals surface area contributed by atoms with Crippen LogP contribution in [-0.2, 0) is 16.0 Å². The van der Waals surface area contributed by atoms with Gasteiger partial charge in [0, 0.05) is 11.1 Å². The van der Waals surface area contributed by atoms with Crippen molar-refractivity contribution >= 4 is 22.9 Å². The summed E-state index contributed by atoms with van der Waals surface area (Å²) in [5, 5.41) is 9.79. The van der Waals surface area contributed by atoms with Gasteiger partial charge in [-0.3, -0.25) is 4.79 Å². The van der Waals surface area contributed by atoms with Crippen LogP contribution >= 0.6 is 0 Å². The number of rotatable bonds is 3. The summed E-state index contributed by atoms with van der Waals surface area (Å²) in [5.41, 5.74) is 1.53. The summed E-state index contributed by atoms with van der Waals surface area (Å²) < 4.78 is 4.50. The number of nitriles is 1. The van der Waals surface area contributed by atoms with Gasteiger partial charge in [-0.1, -0.05) is 13.0 Å². The van der Waals surface area contributed by atoms with Crippen LogP contribution < -0.4 is 5.56 Å². The first-order valence-corrected chi connectivity index (χ1v) is 6.45. The average molecular weight is 282 g/mol. The Labute approximate surface area is 121 Å². The molecule has 0 saturated carbocycles. The fourth-order valence-corrected chi connectivity index (χ4v) is 2.00. The van der Waals surface area contributed by atoms with E-state index in [0.717, 1.165) is 17.4 Å². The molecule has 2 rings (SSSR count). The zero-order chi connectivity index (χ0) is 15.4. The number of carbonyl (C=O) groups excluding carboxylic acids is 1. The molecular weight excluding hydrogens is 268 g/mol. The number of ether oxygens (including phenoxy) is 1. The van der Waals surface area contributed by atoms with E-state index < -0.39 is 5.97 Å². The van der Waals surface area contributed by atoms with E-state index in [4.69, 9.17) is 5.26 Å². The van der Waals surface area contributed by atoms with Crippen molar-refractivity contribution in [3.05, 3.63) is 51.3 Å². The molecule has 0 bridgehead atoms. The molecule has 0 amide bonds. The Morgan fingerprint density at radius 3 is 2.81 bits per heavy atom. The van der Waals surface area contributed by atoms with E-state index in [1.807, 2.05) is 25.1 Å². The van der Waals surface area contributed by atoms with Crippen LogP contribution in [-0.4, -0.2) is 18.1 Å². The molecule has 5 heteroatoms. The molecule has 0 aliphatic rings. The van der Waals surface area contributed by atoms with Gasteiger partial charge >= 0.3 is 5.97 Å². The highest BCUT2D eigenvalue weighted by atomic mass is 16.5. The molecule has 0 spiro atoms. The third-order valence-corrected chi connectivity index (χ3v) is 3.17. The number of fused-ring (bicyclic) bond motifs is 1. The number of H-pyrrole nitrogens is 1. The van der Waals surface area contributed by atoms with Gasteiger partial charge in [0.2, 0.25) is 0 Å². The van der Waals surface area contributed by atoms with Crippen LogP contribution in [0.3, 0.4) is 0 Å². The number of carbonyl (C=O) groups is 1. The molecule has 0 aliphatic heterocycles. The Morgan fingerprint density at radius 2 is 2.19 bits per heavy atom. The van der Waals surface area contributed by atoms with Gasteiger partial charge in [0.15, 0.2) is 0 Å². The maximum atomic E-state index is 12.0. The number of pyridine rings is 1.